The Morgan fingerprint density at radius 2 is 1.86 bits per heavy atom. The van der Waals surface area contributed by atoms with Gasteiger partial charge in [0.2, 0.25) is 0 Å². The van der Waals surface area contributed by atoms with Gasteiger partial charge in [-0.05, 0) is 50.4 Å². The van der Waals surface area contributed by atoms with E-state index in [9.17, 15) is 4.79 Å². The van der Waals surface area contributed by atoms with Gasteiger partial charge in [-0.15, -0.1) is 0 Å². The Labute approximate surface area is 127 Å². The van der Waals surface area contributed by atoms with E-state index in [2.05, 4.69) is 22.9 Å². The molecule has 0 bridgehead atoms. The highest BCUT2D eigenvalue weighted by molar-refractivity contribution is 5.89. The molecule has 0 saturated heterocycles. The molecular weight excluding hydrogens is 262 g/mol. The van der Waals surface area contributed by atoms with Gasteiger partial charge in [0.1, 0.15) is 0 Å². The minimum Gasteiger partial charge on any atom is -0.338 e. The third kappa shape index (κ3) is 5.05. The molecule has 2 amide bonds. The standard InChI is InChI=1S/C17H27N3O/c1-13(18-2)15-8-10-16(11-9-15)20-17(21)19-12-14-6-4-3-5-7-14/h8-11,13-14,18H,3-7,12H2,1-2H3,(H2,19,20,21). The van der Waals surface area contributed by atoms with Crippen LogP contribution in [-0.4, -0.2) is 19.6 Å². The molecule has 0 aliphatic heterocycles. The van der Waals surface area contributed by atoms with Crippen molar-refractivity contribution in [3.05, 3.63) is 29.8 Å². The molecule has 1 saturated carbocycles. The fourth-order valence-electron chi connectivity index (χ4n) is 2.83. The summed E-state index contributed by atoms with van der Waals surface area (Å²) in [6.45, 7) is 2.90. The van der Waals surface area contributed by atoms with E-state index in [0.29, 0.717) is 12.0 Å². The molecule has 1 unspecified atom stereocenters. The molecule has 0 heterocycles. The third-order valence-electron chi connectivity index (χ3n) is 4.38. The Balaban J connectivity index is 1.76. The molecule has 1 aliphatic carbocycles. The molecule has 1 aliphatic rings. The third-order valence-corrected chi connectivity index (χ3v) is 4.38. The normalized spacial score (nSPS) is 17.2. The van der Waals surface area contributed by atoms with Crippen LogP contribution in [0.1, 0.15) is 50.6 Å². The van der Waals surface area contributed by atoms with Crippen LogP contribution >= 0.6 is 0 Å². The Morgan fingerprint density at radius 1 is 1.19 bits per heavy atom. The highest BCUT2D eigenvalue weighted by atomic mass is 16.2. The molecule has 1 aromatic rings. The minimum atomic E-state index is -0.102. The summed E-state index contributed by atoms with van der Waals surface area (Å²) in [4.78, 5) is 11.9. The molecule has 1 atom stereocenters. The molecule has 2 rings (SSSR count). The maximum Gasteiger partial charge on any atom is 0.319 e. The number of amides is 2. The van der Waals surface area contributed by atoms with Gasteiger partial charge >= 0.3 is 6.03 Å². The van der Waals surface area contributed by atoms with Crippen LogP contribution < -0.4 is 16.0 Å². The molecular formula is C17H27N3O. The molecule has 116 valence electrons. The fraction of sp³-hybridized carbons (Fsp3) is 0.588. The largest absolute Gasteiger partial charge is 0.338 e. The lowest BCUT2D eigenvalue weighted by Gasteiger charge is -2.21. The molecule has 0 aromatic heterocycles. The van der Waals surface area contributed by atoms with Gasteiger partial charge in [0, 0.05) is 18.3 Å². The summed E-state index contributed by atoms with van der Waals surface area (Å²) in [6.07, 6.45) is 6.45. The van der Waals surface area contributed by atoms with E-state index >= 15 is 0 Å². The number of benzene rings is 1. The van der Waals surface area contributed by atoms with Gasteiger partial charge in [-0.2, -0.15) is 0 Å². The summed E-state index contributed by atoms with van der Waals surface area (Å²) in [5.74, 6) is 0.656. The van der Waals surface area contributed by atoms with Crippen molar-refractivity contribution in [3.8, 4) is 0 Å². The van der Waals surface area contributed by atoms with E-state index in [4.69, 9.17) is 0 Å². The first kappa shape index (κ1) is 15.8. The number of hydrogen-bond acceptors (Lipinski definition) is 2. The first-order valence-corrected chi connectivity index (χ1v) is 8.01. The zero-order chi connectivity index (χ0) is 15.1. The van der Waals surface area contributed by atoms with E-state index in [1.807, 2.05) is 31.3 Å². The second-order valence-electron chi connectivity index (χ2n) is 5.97. The highest BCUT2D eigenvalue weighted by Gasteiger charge is 2.14. The molecule has 1 aromatic carbocycles. The van der Waals surface area contributed by atoms with Gasteiger partial charge in [0.25, 0.3) is 0 Å². The summed E-state index contributed by atoms with van der Waals surface area (Å²) in [5.41, 5.74) is 2.05. The maximum atomic E-state index is 11.9. The van der Waals surface area contributed by atoms with Crippen LogP contribution in [0.2, 0.25) is 0 Å². The van der Waals surface area contributed by atoms with Crippen LogP contribution in [-0.2, 0) is 0 Å². The van der Waals surface area contributed by atoms with Crippen LogP contribution in [0, 0.1) is 5.92 Å². The first-order chi connectivity index (χ1) is 10.2. The Bertz CT molecular complexity index is 438. The van der Waals surface area contributed by atoms with E-state index in [-0.39, 0.29) is 6.03 Å². The first-order valence-electron chi connectivity index (χ1n) is 8.01. The van der Waals surface area contributed by atoms with Crippen molar-refractivity contribution < 1.29 is 4.79 Å². The van der Waals surface area contributed by atoms with Crippen molar-refractivity contribution in [3.63, 3.8) is 0 Å². The van der Waals surface area contributed by atoms with Gasteiger partial charge in [-0.3, -0.25) is 0 Å². The summed E-state index contributed by atoms with van der Waals surface area (Å²) in [7, 11) is 1.94. The van der Waals surface area contributed by atoms with Crippen molar-refractivity contribution >= 4 is 11.7 Å². The number of carbonyl (C=O) groups is 1. The zero-order valence-electron chi connectivity index (χ0n) is 13.1. The fourth-order valence-corrected chi connectivity index (χ4v) is 2.83. The van der Waals surface area contributed by atoms with Crippen LogP contribution in [0.4, 0.5) is 10.5 Å². The van der Waals surface area contributed by atoms with Crippen molar-refractivity contribution in [1.82, 2.24) is 10.6 Å². The van der Waals surface area contributed by atoms with Crippen LogP contribution in [0.25, 0.3) is 0 Å². The Hall–Kier alpha value is -1.55. The SMILES string of the molecule is CNC(C)c1ccc(NC(=O)NCC2CCCCC2)cc1. The van der Waals surface area contributed by atoms with Crippen molar-refractivity contribution in [2.75, 3.05) is 18.9 Å². The van der Waals surface area contributed by atoms with Crippen LogP contribution in [0.3, 0.4) is 0 Å². The topological polar surface area (TPSA) is 53.2 Å². The smallest absolute Gasteiger partial charge is 0.319 e. The molecule has 4 heteroatoms. The van der Waals surface area contributed by atoms with E-state index in [0.717, 1.165) is 12.2 Å². The summed E-state index contributed by atoms with van der Waals surface area (Å²) in [6, 6.07) is 8.19. The van der Waals surface area contributed by atoms with Gasteiger partial charge in [-0.25, -0.2) is 4.79 Å². The van der Waals surface area contributed by atoms with E-state index in [1.165, 1.54) is 37.7 Å². The van der Waals surface area contributed by atoms with Gasteiger partial charge in [0.15, 0.2) is 0 Å². The lowest BCUT2D eigenvalue weighted by atomic mass is 9.89. The minimum absolute atomic E-state index is 0.102. The monoisotopic (exact) mass is 289 g/mol. The van der Waals surface area contributed by atoms with Crippen LogP contribution in [0.5, 0.6) is 0 Å². The molecule has 3 N–H and O–H groups in total. The van der Waals surface area contributed by atoms with Crippen LogP contribution in [0.15, 0.2) is 24.3 Å². The zero-order valence-corrected chi connectivity index (χ0v) is 13.1. The van der Waals surface area contributed by atoms with Gasteiger partial charge in [-0.1, -0.05) is 31.4 Å². The molecule has 1 fully saturated rings. The van der Waals surface area contributed by atoms with Crippen molar-refractivity contribution in [2.45, 2.75) is 45.1 Å². The average molecular weight is 289 g/mol. The highest BCUT2D eigenvalue weighted by Crippen LogP contribution is 2.22. The Morgan fingerprint density at radius 3 is 2.48 bits per heavy atom. The number of hydrogen-bond donors (Lipinski definition) is 3. The van der Waals surface area contributed by atoms with Gasteiger partial charge in [0.05, 0.1) is 0 Å². The molecule has 21 heavy (non-hydrogen) atoms. The predicted molar refractivity (Wildman–Crippen MR) is 87.5 cm³/mol. The lowest BCUT2D eigenvalue weighted by molar-refractivity contribution is 0.247. The number of carbonyl (C=O) groups excluding carboxylic acids is 1. The van der Waals surface area contributed by atoms with E-state index < -0.39 is 0 Å². The summed E-state index contributed by atoms with van der Waals surface area (Å²) < 4.78 is 0. The maximum absolute atomic E-state index is 11.9. The number of nitrogens with one attached hydrogen (secondary N) is 3. The summed E-state index contributed by atoms with van der Waals surface area (Å²) in [5, 5.41) is 9.08. The number of urea groups is 1. The average Bonchev–Trinajstić information content (AvgIpc) is 2.54. The quantitative estimate of drug-likeness (QED) is 0.774. The second-order valence-corrected chi connectivity index (χ2v) is 5.97. The van der Waals surface area contributed by atoms with Crippen molar-refractivity contribution in [1.29, 1.82) is 0 Å². The molecule has 0 spiro atoms. The lowest BCUT2D eigenvalue weighted by Crippen LogP contribution is -2.33. The van der Waals surface area contributed by atoms with Crippen molar-refractivity contribution in [2.24, 2.45) is 5.92 Å². The molecule has 4 nitrogen and oxygen atoms in total. The van der Waals surface area contributed by atoms with E-state index in [1.54, 1.807) is 0 Å². The summed E-state index contributed by atoms with van der Waals surface area (Å²) >= 11 is 0. The Kier molecular flexibility index (Phi) is 6.05. The second kappa shape index (κ2) is 8.03. The number of rotatable bonds is 5. The van der Waals surface area contributed by atoms with Gasteiger partial charge < -0.3 is 16.0 Å². The predicted octanol–water partition coefficient (Wildman–Crippen LogP) is 3.67. The number of anilines is 1. The molecule has 0 radical (unpaired) electrons.